The Morgan fingerprint density at radius 2 is 1.69 bits per heavy atom. The fourth-order valence-electron chi connectivity index (χ4n) is 9.27. The zero-order chi connectivity index (χ0) is 50.8. The van der Waals surface area contributed by atoms with Crippen molar-refractivity contribution in [2.24, 2.45) is 28.8 Å². The normalized spacial score (nSPS) is 28.8. The molecule has 0 aliphatic carbocycles. The number of carbonyl (C=O) groups excluding carboxylic acids is 3. The topological polar surface area (TPSA) is 259 Å². The number of aliphatic hydroxyl groups excluding tert-OH is 2. The van der Waals surface area contributed by atoms with Crippen LogP contribution >= 0.6 is 0 Å². The average molecular weight is 967 g/mol. The molecule has 1 amide bonds. The summed E-state index contributed by atoms with van der Waals surface area (Å²) in [7, 11) is 1.43. The van der Waals surface area contributed by atoms with Crippen LogP contribution in [0, 0.1) is 30.6 Å². The smallest absolute Gasteiger partial charge is 0.312 e. The number of phenols is 3. The lowest BCUT2D eigenvalue weighted by Gasteiger charge is -2.38. The van der Waals surface area contributed by atoms with Gasteiger partial charge in [0.25, 0.3) is 11.7 Å². The number of hydrogen-bond acceptors (Lipinski definition) is 18. The van der Waals surface area contributed by atoms with E-state index in [4.69, 9.17) is 23.5 Å². The number of nitrogens with one attached hydrogen (secondary N) is 1. The van der Waals surface area contributed by atoms with Gasteiger partial charge in [0.1, 0.15) is 29.0 Å². The van der Waals surface area contributed by atoms with Crippen molar-refractivity contribution >= 4 is 40.3 Å². The second kappa shape index (κ2) is 21.1. The molecule has 6 heterocycles. The van der Waals surface area contributed by atoms with Crippen LogP contribution in [0.2, 0.25) is 0 Å². The van der Waals surface area contributed by atoms with E-state index in [0.717, 1.165) is 0 Å². The van der Waals surface area contributed by atoms with Crippen LogP contribution in [0.3, 0.4) is 0 Å². The highest BCUT2D eigenvalue weighted by molar-refractivity contribution is 6.23. The van der Waals surface area contributed by atoms with Crippen molar-refractivity contribution in [1.29, 1.82) is 0 Å². The van der Waals surface area contributed by atoms with Crippen molar-refractivity contribution in [3.05, 3.63) is 89.1 Å². The Balaban J connectivity index is 1.27. The van der Waals surface area contributed by atoms with E-state index in [-0.39, 0.29) is 44.5 Å². The maximum Gasteiger partial charge on any atom is 0.312 e. The number of methoxy groups -OCH3 is 1. The molecule has 374 valence electrons. The number of rotatable bonds is 7. The molecule has 4 aliphatic rings. The molecule has 70 heavy (non-hydrogen) atoms. The van der Waals surface area contributed by atoms with Crippen LogP contribution in [0.25, 0.3) is 22.2 Å². The number of fused-ring (bicyclic) bond motifs is 14. The van der Waals surface area contributed by atoms with Crippen molar-refractivity contribution < 1.29 is 63.4 Å². The van der Waals surface area contributed by atoms with Gasteiger partial charge in [-0.15, -0.1) is 0 Å². The molecule has 2 aromatic heterocycles. The number of aromatic nitrogens is 2. The Kier molecular flexibility index (Phi) is 15.4. The SMILES string of the molecule is CO[C@H]1/C=C/O[C@@]2(C)Oc3c(C)c(O)c4c(O)c(c(/C=N/N5CCN(Cc6cc(-c7ccccn7)no6)CC5)c(O)c4c3C2=O)NC(=O)/C(C)=C\C=C\[C@H](C)[C@H](O)[C@@H](C)[C@@H](O)[C@@H](C)[C@H](OC(C)=O)[C@@H]1C. The van der Waals surface area contributed by atoms with Crippen molar-refractivity contribution in [2.75, 3.05) is 38.6 Å². The van der Waals surface area contributed by atoms with Gasteiger partial charge in [-0.05, 0) is 32.1 Å². The predicted octanol–water partition coefficient (Wildman–Crippen LogP) is 5.96. The van der Waals surface area contributed by atoms with E-state index in [1.54, 1.807) is 51.1 Å². The lowest BCUT2D eigenvalue weighted by Crippen LogP contribution is -2.46. The maximum absolute atomic E-state index is 14.6. The van der Waals surface area contributed by atoms with Gasteiger partial charge < -0.3 is 54.3 Å². The number of phenolic OH excluding ortho intramolecular Hbond substituents is 3. The number of amides is 1. The number of aromatic hydroxyl groups is 3. The van der Waals surface area contributed by atoms with Gasteiger partial charge >= 0.3 is 11.8 Å². The van der Waals surface area contributed by atoms with Crippen LogP contribution in [0.4, 0.5) is 5.69 Å². The molecule has 0 unspecified atom stereocenters. The first-order chi connectivity index (χ1) is 33.3. The lowest BCUT2D eigenvalue weighted by atomic mass is 9.78. The molecular formula is C51H62N6O13. The monoisotopic (exact) mass is 966 g/mol. The fraction of sp³-hybridized carbons (Fsp3) is 0.451. The predicted molar refractivity (Wildman–Crippen MR) is 258 cm³/mol. The van der Waals surface area contributed by atoms with E-state index in [0.29, 0.717) is 49.9 Å². The van der Waals surface area contributed by atoms with E-state index >= 15 is 0 Å². The van der Waals surface area contributed by atoms with E-state index in [1.165, 1.54) is 59.4 Å². The second-order valence-corrected chi connectivity index (χ2v) is 18.5. The van der Waals surface area contributed by atoms with Gasteiger partial charge in [0, 0.05) is 99.6 Å². The lowest BCUT2D eigenvalue weighted by molar-refractivity contribution is -0.160. The number of hydrogen-bond donors (Lipinski definition) is 6. The van der Waals surface area contributed by atoms with Crippen molar-refractivity contribution in [3.8, 4) is 34.4 Å². The highest BCUT2D eigenvalue weighted by atomic mass is 16.7. The van der Waals surface area contributed by atoms with Crippen LogP contribution in [-0.4, -0.2) is 133 Å². The first-order valence-corrected chi connectivity index (χ1v) is 23.2. The number of allylic oxidation sites excluding steroid dienone is 2. The van der Waals surface area contributed by atoms with Crippen LogP contribution in [0.1, 0.15) is 75.7 Å². The summed E-state index contributed by atoms with van der Waals surface area (Å²) >= 11 is 0. The van der Waals surface area contributed by atoms with Crippen LogP contribution in [-0.2, 0) is 30.3 Å². The summed E-state index contributed by atoms with van der Waals surface area (Å²) < 4.78 is 29.3. The van der Waals surface area contributed by atoms with Crippen molar-refractivity contribution in [3.63, 3.8) is 0 Å². The number of carbonyl (C=O) groups is 3. The standard InChI is InChI=1S/C51H62N6O13/c1-26-13-12-14-27(2)50(65)54-41-34(24-53-57-20-18-56(19-21-57)25-33-23-36(55-70-33)35-15-10-11-17-52-35)45(62)38-39(46(41)63)44(61)31(6)48-40(38)49(64)51(8,69-48)67-22-16-37(66-9)28(3)47(68-32(7)58)30(5)43(60)29(4)42(26)59/h10-17,22-24,26,28-30,37,42-43,47,59-63H,18-21,25H2,1-9H3,(H,54,65)/b13-12+,22-16+,27-14-,53-24+/t26-,28+,29+,30+,37-,42-,43+,47+,51-/m0/s1. The van der Waals surface area contributed by atoms with Gasteiger partial charge in [0.15, 0.2) is 11.5 Å². The number of Topliss-reactive ketones (excluding diaryl/α,β-unsaturated/α-hetero) is 1. The number of aliphatic hydroxyl groups is 2. The van der Waals surface area contributed by atoms with Crippen molar-refractivity contribution in [1.82, 2.24) is 20.0 Å². The van der Waals surface area contributed by atoms with Gasteiger partial charge in [-0.3, -0.25) is 29.3 Å². The van der Waals surface area contributed by atoms with Crippen LogP contribution in [0.15, 0.2) is 76.2 Å². The minimum Gasteiger partial charge on any atom is -0.507 e. The van der Waals surface area contributed by atoms with E-state index < -0.39 is 88.8 Å². The molecule has 4 aromatic rings. The van der Waals surface area contributed by atoms with Crippen LogP contribution in [0.5, 0.6) is 23.0 Å². The summed E-state index contributed by atoms with van der Waals surface area (Å²) in [6.07, 6.45) is 6.43. The number of benzene rings is 2. The first-order valence-electron chi connectivity index (χ1n) is 23.2. The molecule has 1 saturated heterocycles. The third-order valence-electron chi connectivity index (χ3n) is 13.6. The number of esters is 1. The zero-order valence-electron chi connectivity index (χ0n) is 40.7. The minimum absolute atomic E-state index is 0.0362. The zero-order valence-corrected chi connectivity index (χ0v) is 40.7. The number of piperazine rings is 1. The van der Waals surface area contributed by atoms with E-state index in [2.05, 4.69) is 25.5 Å². The average Bonchev–Trinajstić information content (AvgIpc) is 3.92. The minimum atomic E-state index is -2.08. The van der Waals surface area contributed by atoms with Crippen LogP contribution < -0.4 is 10.1 Å². The molecule has 0 radical (unpaired) electrons. The number of ether oxygens (including phenoxy) is 4. The van der Waals surface area contributed by atoms with Gasteiger partial charge in [-0.2, -0.15) is 5.10 Å². The summed E-state index contributed by atoms with van der Waals surface area (Å²) in [4.78, 5) is 47.5. The summed E-state index contributed by atoms with van der Waals surface area (Å²) in [6.45, 7) is 15.0. The van der Waals surface area contributed by atoms with Gasteiger partial charge in [-0.1, -0.05) is 57.1 Å². The summed E-state index contributed by atoms with van der Waals surface area (Å²) in [6, 6.07) is 7.39. The van der Waals surface area contributed by atoms with E-state index in [1.807, 2.05) is 24.3 Å². The number of pyridine rings is 1. The molecular weight excluding hydrogens is 905 g/mol. The number of anilines is 1. The highest BCUT2D eigenvalue weighted by Gasteiger charge is 2.50. The van der Waals surface area contributed by atoms with Gasteiger partial charge in [-0.25, -0.2) is 0 Å². The highest BCUT2D eigenvalue weighted by Crippen LogP contribution is 2.55. The molecule has 0 spiro atoms. The molecule has 9 atom stereocenters. The molecule has 2 aromatic carbocycles. The third-order valence-corrected chi connectivity index (χ3v) is 13.6. The fourth-order valence-corrected chi connectivity index (χ4v) is 9.27. The second-order valence-electron chi connectivity index (χ2n) is 18.5. The Morgan fingerprint density at radius 3 is 2.36 bits per heavy atom. The molecule has 5 bridgehead atoms. The summed E-state index contributed by atoms with van der Waals surface area (Å²) in [5, 5.41) is 71.8. The van der Waals surface area contributed by atoms with Crippen molar-refractivity contribution in [2.45, 2.75) is 92.1 Å². The molecule has 8 rings (SSSR count). The molecule has 0 saturated carbocycles. The molecule has 1 fully saturated rings. The molecule has 19 nitrogen and oxygen atoms in total. The first kappa shape index (κ1) is 51.1. The quantitative estimate of drug-likeness (QED) is 0.0541. The van der Waals surface area contributed by atoms with Gasteiger partial charge in [0.2, 0.25) is 0 Å². The molecule has 4 aliphatic heterocycles. The van der Waals surface area contributed by atoms with E-state index in [9.17, 15) is 39.9 Å². The number of hydrazone groups is 1. The molecule has 19 heteroatoms. The maximum atomic E-state index is 14.6. The number of nitrogens with zero attached hydrogens (tertiary/aromatic N) is 5. The largest absolute Gasteiger partial charge is 0.507 e. The Bertz CT molecular complexity index is 2730. The van der Waals surface area contributed by atoms with Gasteiger partial charge in [0.05, 0.1) is 65.2 Å². The number of ketones is 1. The molecule has 6 N–H and O–H groups in total. The summed E-state index contributed by atoms with van der Waals surface area (Å²) in [5.74, 6) is -7.96. The summed E-state index contributed by atoms with van der Waals surface area (Å²) in [5.41, 5.74) is 0.833. The Morgan fingerprint density at radius 1 is 0.957 bits per heavy atom. The Labute approximate surface area is 405 Å². The third kappa shape index (κ3) is 10.2. The Hall–Kier alpha value is -6.80.